The maximum absolute atomic E-state index is 5.30. The first-order valence-electron chi connectivity index (χ1n) is 17.7. The fourth-order valence-corrected chi connectivity index (χ4v) is 8.49. The van der Waals surface area contributed by atoms with Gasteiger partial charge in [0.2, 0.25) is 0 Å². The van der Waals surface area contributed by atoms with Crippen LogP contribution in [0, 0.1) is 0 Å². The summed E-state index contributed by atoms with van der Waals surface area (Å²) in [5.41, 5.74) is 13.7. The topological polar surface area (TPSA) is 38.6 Å². The minimum atomic E-state index is -0.0406. The molecule has 5 nitrogen and oxygen atoms in total. The Bertz CT molecular complexity index is 2780. The van der Waals surface area contributed by atoms with E-state index in [0.717, 1.165) is 46.8 Å². The zero-order chi connectivity index (χ0) is 33.5. The van der Waals surface area contributed by atoms with Gasteiger partial charge in [-0.2, -0.15) is 4.58 Å². The molecule has 1 atom stereocenters. The zero-order valence-corrected chi connectivity index (χ0v) is 27.8. The lowest BCUT2D eigenvalue weighted by Gasteiger charge is -2.27. The average Bonchev–Trinajstić information content (AvgIpc) is 3.71. The minimum absolute atomic E-state index is 0.0406. The number of rotatable bonds is 4. The summed E-state index contributed by atoms with van der Waals surface area (Å²) in [7, 11) is 0. The van der Waals surface area contributed by atoms with Crippen LogP contribution in [0.15, 0.2) is 158 Å². The Balaban J connectivity index is 1.21. The van der Waals surface area contributed by atoms with Crippen LogP contribution in [0.5, 0.6) is 0 Å². The van der Waals surface area contributed by atoms with E-state index in [1.807, 2.05) is 12.1 Å². The third-order valence-electron chi connectivity index (χ3n) is 10.7. The molecule has 8 aromatic rings. The normalized spacial score (nSPS) is 16.0. The molecule has 51 heavy (non-hydrogen) atoms. The standard InChI is InChI=1S/C46H32N5/c1-4-15-30(16-5-1)37-28-38(31-17-6-2-7-18-31)48-46(47-37)51-41-25-13-12-24-40(41)50-44-29-43-35(27-36(44)34-22-14-26-42(51)45(34)50)33-21-10-11-23-39(33)49(43)32-19-8-3-9-20-32/h1-10,12-22,24-29,40H,11,23H2/q+1. The summed E-state index contributed by atoms with van der Waals surface area (Å²) < 4.78 is 7.32. The summed E-state index contributed by atoms with van der Waals surface area (Å²) in [5.74, 6) is 0.666. The first kappa shape index (κ1) is 28.3. The Hall–Kier alpha value is -6.59. The molecule has 5 aromatic carbocycles. The molecule has 1 unspecified atom stereocenters. The lowest BCUT2D eigenvalue weighted by atomic mass is 10.0. The van der Waals surface area contributed by atoms with Gasteiger partial charge in [0, 0.05) is 50.3 Å². The molecule has 240 valence electrons. The van der Waals surface area contributed by atoms with E-state index < -0.39 is 0 Å². The molecule has 11 rings (SSSR count). The van der Waals surface area contributed by atoms with Gasteiger partial charge in [-0.25, -0.2) is 0 Å². The first-order chi connectivity index (χ1) is 25.3. The summed E-state index contributed by atoms with van der Waals surface area (Å²) in [4.78, 5) is 10.6. The Morgan fingerprint density at radius 2 is 1.35 bits per heavy atom. The van der Waals surface area contributed by atoms with Gasteiger partial charge in [-0.15, -0.1) is 0 Å². The Labute approximate surface area is 295 Å². The van der Waals surface area contributed by atoms with Crippen molar-refractivity contribution < 1.29 is 0 Å². The van der Waals surface area contributed by atoms with Gasteiger partial charge in [-0.05, 0) is 49.2 Å². The molecule has 3 aromatic heterocycles. The molecule has 0 amide bonds. The van der Waals surface area contributed by atoms with Crippen molar-refractivity contribution in [1.29, 1.82) is 0 Å². The Morgan fingerprint density at radius 1 is 0.627 bits per heavy atom. The highest BCUT2D eigenvalue weighted by Crippen LogP contribution is 2.46. The number of hydrogen-bond donors (Lipinski definition) is 0. The molecule has 5 heteroatoms. The van der Waals surface area contributed by atoms with E-state index in [4.69, 9.17) is 9.97 Å². The summed E-state index contributed by atoms with van der Waals surface area (Å²) in [6.45, 7) is 0. The molecule has 0 bridgehead atoms. The van der Waals surface area contributed by atoms with E-state index in [9.17, 15) is 0 Å². The molecule has 0 saturated carbocycles. The molecule has 1 aliphatic heterocycles. The van der Waals surface area contributed by atoms with E-state index >= 15 is 0 Å². The molecule has 0 N–H and O–H groups in total. The fraction of sp³-hybridized carbons (Fsp3) is 0.0652. The number of allylic oxidation sites excluding steroid dienone is 5. The van der Waals surface area contributed by atoms with Gasteiger partial charge < -0.3 is 9.13 Å². The van der Waals surface area contributed by atoms with Gasteiger partial charge in [-0.3, -0.25) is 0 Å². The van der Waals surface area contributed by atoms with Gasteiger partial charge >= 0.3 is 5.95 Å². The number of benzene rings is 5. The molecule has 2 aliphatic carbocycles. The van der Waals surface area contributed by atoms with Gasteiger partial charge in [-0.1, -0.05) is 131 Å². The van der Waals surface area contributed by atoms with Crippen LogP contribution in [0.1, 0.15) is 23.7 Å². The highest BCUT2D eigenvalue weighted by molar-refractivity contribution is 6.20. The Morgan fingerprint density at radius 3 is 2.10 bits per heavy atom. The van der Waals surface area contributed by atoms with Gasteiger partial charge in [0.05, 0.1) is 16.6 Å². The monoisotopic (exact) mass is 654 g/mol. The summed E-state index contributed by atoms with van der Waals surface area (Å²) in [6.07, 6.45) is 15.6. The third kappa shape index (κ3) is 4.18. The smallest absolute Gasteiger partial charge is 0.323 e. The van der Waals surface area contributed by atoms with E-state index in [-0.39, 0.29) is 6.04 Å². The Kier molecular flexibility index (Phi) is 6.07. The molecule has 0 spiro atoms. The van der Waals surface area contributed by atoms with Crippen molar-refractivity contribution in [2.24, 2.45) is 0 Å². The number of fused-ring (bicyclic) bond motifs is 8. The van der Waals surface area contributed by atoms with Gasteiger partial charge in [0.25, 0.3) is 0 Å². The molecule has 0 fully saturated rings. The fourth-order valence-electron chi connectivity index (χ4n) is 8.49. The number of para-hydroxylation sites is 2. The largest absolute Gasteiger partial charge is 0.439 e. The van der Waals surface area contributed by atoms with Gasteiger partial charge in [0.15, 0.2) is 11.4 Å². The van der Waals surface area contributed by atoms with E-state index in [1.165, 1.54) is 49.7 Å². The van der Waals surface area contributed by atoms with Crippen LogP contribution in [0.3, 0.4) is 0 Å². The van der Waals surface area contributed by atoms with Crippen LogP contribution in [-0.2, 0) is 6.42 Å². The number of nitrogens with zero attached hydrogens (tertiary/aromatic N) is 5. The molecule has 0 saturated heterocycles. The van der Waals surface area contributed by atoms with Crippen molar-refractivity contribution in [1.82, 2.24) is 23.7 Å². The lowest BCUT2D eigenvalue weighted by molar-refractivity contribution is 0.770. The van der Waals surface area contributed by atoms with E-state index in [2.05, 4.69) is 165 Å². The second-order valence-corrected chi connectivity index (χ2v) is 13.5. The highest BCUT2D eigenvalue weighted by atomic mass is 15.2. The van der Waals surface area contributed by atoms with Crippen molar-refractivity contribution in [2.45, 2.75) is 18.9 Å². The summed E-state index contributed by atoms with van der Waals surface area (Å²) >= 11 is 0. The van der Waals surface area contributed by atoms with Crippen molar-refractivity contribution >= 4 is 56.1 Å². The predicted octanol–water partition coefficient (Wildman–Crippen LogP) is 10.8. The summed E-state index contributed by atoms with van der Waals surface area (Å²) in [6, 6.07) is 45.3. The van der Waals surface area contributed by atoms with Crippen LogP contribution >= 0.6 is 0 Å². The van der Waals surface area contributed by atoms with Crippen LogP contribution in [0.25, 0.3) is 67.0 Å². The lowest BCUT2D eigenvalue weighted by Crippen LogP contribution is -2.31. The van der Waals surface area contributed by atoms with Crippen LogP contribution in [-0.4, -0.2) is 24.8 Å². The second-order valence-electron chi connectivity index (χ2n) is 13.5. The van der Waals surface area contributed by atoms with Crippen molar-refractivity contribution in [3.8, 4) is 28.2 Å². The average molecular weight is 655 g/mol. The molecular formula is C46H32N5+. The third-order valence-corrected chi connectivity index (χ3v) is 10.7. The van der Waals surface area contributed by atoms with Gasteiger partial charge in [0.1, 0.15) is 17.4 Å². The second kappa shape index (κ2) is 11.0. The molecule has 0 radical (unpaired) electrons. The quantitative estimate of drug-likeness (QED) is 0.177. The SMILES string of the molecule is C1=CC2=[N+](c3nc(-c4ccccc4)cc(-c4ccccc4)n3)c3cccc4c5cc6c7c(n(-c8ccccc8)c6cc5n(c34)C2C=C1)CCC=C7. The minimum Gasteiger partial charge on any atom is -0.323 e. The van der Waals surface area contributed by atoms with Crippen molar-refractivity contribution in [2.75, 3.05) is 0 Å². The van der Waals surface area contributed by atoms with Crippen LogP contribution in [0.2, 0.25) is 0 Å². The van der Waals surface area contributed by atoms with Crippen molar-refractivity contribution in [3.63, 3.8) is 0 Å². The van der Waals surface area contributed by atoms with Crippen LogP contribution < -0.4 is 4.58 Å². The van der Waals surface area contributed by atoms with Crippen LogP contribution in [0.4, 0.5) is 11.6 Å². The number of aromatic nitrogens is 4. The van der Waals surface area contributed by atoms with E-state index in [0.29, 0.717) is 5.95 Å². The molecule has 3 aliphatic rings. The maximum Gasteiger partial charge on any atom is 0.439 e. The first-order valence-corrected chi connectivity index (χ1v) is 17.7. The number of hydrogen-bond acceptors (Lipinski definition) is 2. The van der Waals surface area contributed by atoms with E-state index in [1.54, 1.807) is 0 Å². The predicted molar refractivity (Wildman–Crippen MR) is 210 cm³/mol. The zero-order valence-electron chi connectivity index (χ0n) is 27.8. The van der Waals surface area contributed by atoms with Crippen molar-refractivity contribution in [3.05, 3.63) is 169 Å². The highest BCUT2D eigenvalue weighted by Gasteiger charge is 2.36. The maximum atomic E-state index is 5.30. The summed E-state index contributed by atoms with van der Waals surface area (Å²) in [5, 5.41) is 3.80. The molecule has 4 heterocycles. The molecular weight excluding hydrogens is 623 g/mol.